The number of ether oxygens (including phenoxy) is 1. The number of hydrogen-bond donors (Lipinski definition) is 0. The lowest BCUT2D eigenvalue weighted by Crippen LogP contribution is -2.10. The van der Waals surface area contributed by atoms with E-state index in [-0.39, 0.29) is 0 Å². The molecule has 16 heavy (non-hydrogen) atoms. The number of benzene rings is 2. The van der Waals surface area contributed by atoms with Crippen molar-refractivity contribution in [3.05, 3.63) is 60.2 Å². The number of rotatable bonds is 4. The van der Waals surface area contributed by atoms with Crippen LogP contribution in [0.4, 0.5) is 0 Å². The van der Waals surface area contributed by atoms with Crippen molar-refractivity contribution in [1.29, 1.82) is 0 Å². The Morgan fingerprint density at radius 1 is 1.00 bits per heavy atom. The molecular weight excluding hydrogens is 195 g/mol. The molecule has 2 heteroatoms. The lowest BCUT2D eigenvalue weighted by atomic mass is 9.73. The molecule has 2 rings (SSSR count). The second kappa shape index (κ2) is 5.41. The third-order valence-electron chi connectivity index (χ3n) is 2.56. The molecule has 0 fully saturated rings. The maximum absolute atomic E-state index is 5.73. The van der Waals surface area contributed by atoms with Crippen molar-refractivity contribution in [2.45, 2.75) is 13.4 Å². The Morgan fingerprint density at radius 2 is 1.81 bits per heavy atom. The maximum Gasteiger partial charge on any atom is 0.154 e. The quantitative estimate of drug-likeness (QED) is 0.704. The predicted octanol–water partition coefficient (Wildman–Crippen LogP) is 2.38. The van der Waals surface area contributed by atoms with Crippen molar-refractivity contribution in [3.63, 3.8) is 0 Å². The van der Waals surface area contributed by atoms with Crippen LogP contribution < -0.4 is 10.2 Å². The highest BCUT2D eigenvalue weighted by Crippen LogP contribution is 2.10. The molecule has 0 atom stereocenters. The van der Waals surface area contributed by atoms with Gasteiger partial charge in [0, 0.05) is 0 Å². The van der Waals surface area contributed by atoms with E-state index >= 15 is 0 Å². The molecule has 0 aliphatic heterocycles. The highest BCUT2D eigenvalue weighted by Gasteiger charge is 1.96. The molecule has 0 spiro atoms. The molecule has 0 saturated heterocycles. The van der Waals surface area contributed by atoms with Gasteiger partial charge in [0.1, 0.15) is 12.4 Å². The van der Waals surface area contributed by atoms with Crippen molar-refractivity contribution in [3.8, 4) is 5.75 Å². The van der Waals surface area contributed by atoms with E-state index in [0.717, 1.165) is 13.0 Å². The number of hydrogen-bond acceptors (Lipinski definition) is 1. The molecule has 2 aromatic rings. The van der Waals surface area contributed by atoms with Gasteiger partial charge in [0.05, 0.1) is 0 Å². The van der Waals surface area contributed by atoms with E-state index in [2.05, 4.69) is 31.1 Å². The van der Waals surface area contributed by atoms with Crippen molar-refractivity contribution < 1.29 is 4.74 Å². The third-order valence-corrected chi connectivity index (χ3v) is 2.56. The smallest absolute Gasteiger partial charge is 0.154 e. The first kappa shape index (κ1) is 10.8. The average Bonchev–Trinajstić information content (AvgIpc) is 2.38. The first-order valence-corrected chi connectivity index (χ1v) is 5.64. The van der Waals surface area contributed by atoms with Crippen LogP contribution >= 0.6 is 0 Å². The van der Waals surface area contributed by atoms with Gasteiger partial charge in [0.25, 0.3) is 0 Å². The van der Waals surface area contributed by atoms with E-state index in [1.807, 2.05) is 30.3 Å². The summed E-state index contributed by atoms with van der Waals surface area (Å²) in [4.78, 5) is 0. The molecule has 0 bridgehead atoms. The summed E-state index contributed by atoms with van der Waals surface area (Å²) in [5.74, 6) is 0.947. The maximum atomic E-state index is 5.73. The van der Waals surface area contributed by atoms with Crippen LogP contribution in [-0.4, -0.2) is 7.28 Å². The van der Waals surface area contributed by atoms with Gasteiger partial charge in [-0.3, -0.25) is 0 Å². The largest absolute Gasteiger partial charge is 0.489 e. The normalized spacial score (nSPS) is 9.81. The summed E-state index contributed by atoms with van der Waals surface area (Å²) >= 11 is 0. The Hall–Kier alpha value is -1.70. The van der Waals surface area contributed by atoms with Gasteiger partial charge in [-0.2, -0.15) is 0 Å². The van der Waals surface area contributed by atoms with E-state index in [9.17, 15) is 0 Å². The molecule has 2 aromatic carbocycles. The fraction of sp³-hybridized carbons (Fsp3) is 0.143. The van der Waals surface area contributed by atoms with Crippen LogP contribution in [0.1, 0.15) is 5.56 Å². The molecule has 0 amide bonds. The molecule has 0 saturated carbocycles. The molecule has 0 unspecified atom stereocenters. The predicted molar refractivity (Wildman–Crippen MR) is 69.9 cm³/mol. The summed E-state index contributed by atoms with van der Waals surface area (Å²) < 4.78 is 5.73. The zero-order chi connectivity index (χ0) is 11.2. The van der Waals surface area contributed by atoms with Gasteiger partial charge in [-0.15, -0.1) is 0 Å². The Balaban J connectivity index is 1.99. The van der Waals surface area contributed by atoms with Gasteiger partial charge >= 0.3 is 0 Å². The summed E-state index contributed by atoms with van der Waals surface area (Å²) in [6, 6.07) is 18.5. The van der Waals surface area contributed by atoms with Gasteiger partial charge in [-0.05, 0) is 17.7 Å². The van der Waals surface area contributed by atoms with Crippen LogP contribution in [-0.2, 0) is 6.61 Å². The van der Waals surface area contributed by atoms with E-state index in [1.165, 1.54) is 11.0 Å². The molecule has 0 heterocycles. The Morgan fingerprint density at radius 3 is 2.56 bits per heavy atom. The average molecular weight is 210 g/mol. The van der Waals surface area contributed by atoms with E-state index in [1.54, 1.807) is 0 Å². The van der Waals surface area contributed by atoms with E-state index < -0.39 is 0 Å². The minimum absolute atomic E-state index is 0.633. The van der Waals surface area contributed by atoms with Crippen molar-refractivity contribution in [1.82, 2.24) is 0 Å². The van der Waals surface area contributed by atoms with Gasteiger partial charge < -0.3 is 4.74 Å². The first-order chi connectivity index (χ1) is 7.88. The Labute approximate surface area is 97.3 Å². The SMILES string of the molecule is CBc1cccc(OCc2ccccc2)c1. The molecule has 0 aliphatic rings. The monoisotopic (exact) mass is 210 g/mol. The summed E-state index contributed by atoms with van der Waals surface area (Å²) in [5, 5.41) is 0. The summed E-state index contributed by atoms with van der Waals surface area (Å²) in [6.07, 6.45) is 0. The van der Waals surface area contributed by atoms with Gasteiger partial charge in [-0.1, -0.05) is 54.8 Å². The van der Waals surface area contributed by atoms with Gasteiger partial charge in [0.15, 0.2) is 7.28 Å². The molecule has 0 aliphatic carbocycles. The fourth-order valence-electron chi connectivity index (χ4n) is 1.60. The molecule has 1 nitrogen and oxygen atoms in total. The summed E-state index contributed by atoms with van der Waals surface area (Å²) in [7, 11) is 1.04. The lowest BCUT2D eigenvalue weighted by molar-refractivity contribution is 0.306. The van der Waals surface area contributed by atoms with Crippen LogP contribution in [0.5, 0.6) is 5.75 Å². The zero-order valence-electron chi connectivity index (χ0n) is 9.52. The minimum Gasteiger partial charge on any atom is -0.489 e. The minimum atomic E-state index is 0.633. The van der Waals surface area contributed by atoms with Crippen molar-refractivity contribution in [2.75, 3.05) is 0 Å². The highest BCUT2D eigenvalue weighted by atomic mass is 16.5. The van der Waals surface area contributed by atoms with Crippen LogP contribution in [0.3, 0.4) is 0 Å². The van der Waals surface area contributed by atoms with E-state index in [4.69, 9.17) is 4.74 Å². The fourth-order valence-corrected chi connectivity index (χ4v) is 1.60. The van der Waals surface area contributed by atoms with Gasteiger partial charge in [0.2, 0.25) is 0 Å². The molecular formula is C14H15BO. The van der Waals surface area contributed by atoms with Crippen LogP contribution in [0, 0.1) is 0 Å². The topological polar surface area (TPSA) is 9.23 Å². The summed E-state index contributed by atoms with van der Waals surface area (Å²) in [5.41, 5.74) is 2.51. The molecule has 80 valence electrons. The van der Waals surface area contributed by atoms with Crippen molar-refractivity contribution >= 4 is 12.7 Å². The second-order valence-corrected chi connectivity index (χ2v) is 3.78. The van der Waals surface area contributed by atoms with Crippen LogP contribution in [0.25, 0.3) is 0 Å². The van der Waals surface area contributed by atoms with Gasteiger partial charge in [-0.25, -0.2) is 0 Å². The third kappa shape index (κ3) is 2.90. The van der Waals surface area contributed by atoms with Crippen LogP contribution in [0.2, 0.25) is 6.82 Å². The molecule has 0 aromatic heterocycles. The first-order valence-electron chi connectivity index (χ1n) is 5.64. The Bertz CT molecular complexity index is 439. The lowest BCUT2D eigenvalue weighted by Gasteiger charge is -2.07. The molecule has 0 N–H and O–H groups in total. The van der Waals surface area contributed by atoms with E-state index in [0.29, 0.717) is 6.61 Å². The standard InChI is InChI=1S/C14H15BO/c1-15-13-8-5-9-14(10-13)16-11-12-6-3-2-4-7-12/h2-10,15H,11H2,1H3. The highest BCUT2D eigenvalue weighted by molar-refractivity contribution is 6.51. The Kier molecular flexibility index (Phi) is 3.65. The zero-order valence-corrected chi connectivity index (χ0v) is 9.52. The molecule has 0 radical (unpaired) electrons. The van der Waals surface area contributed by atoms with Crippen molar-refractivity contribution in [2.24, 2.45) is 0 Å². The second-order valence-electron chi connectivity index (χ2n) is 3.78. The van der Waals surface area contributed by atoms with Crippen LogP contribution in [0.15, 0.2) is 54.6 Å². The summed E-state index contributed by atoms with van der Waals surface area (Å²) in [6.45, 7) is 2.78.